The lowest BCUT2D eigenvalue weighted by Crippen LogP contribution is -2.31. The van der Waals surface area contributed by atoms with Crippen LogP contribution in [0.2, 0.25) is 0 Å². The van der Waals surface area contributed by atoms with Gasteiger partial charge < -0.3 is 19.9 Å². The molecule has 25 heavy (non-hydrogen) atoms. The van der Waals surface area contributed by atoms with Gasteiger partial charge in [0.05, 0.1) is 10.5 Å². The van der Waals surface area contributed by atoms with Crippen molar-refractivity contribution in [2.24, 2.45) is 0 Å². The highest BCUT2D eigenvalue weighted by Crippen LogP contribution is 2.21. The number of nitro groups is 1. The minimum absolute atomic E-state index is 0.205. The SMILES string of the molecule is O=C(O[C@H](C(=O)O)c1ccccc1)c1cc(B(O)O)cc([N+](=O)[O-])c1. The van der Waals surface area contributed by atoms with E-state index in [0.29, 0.717) is 0 Å². The number of carboxylic acid groups (broad SMARTS) is 1. The van der Waals surface area contributed by atoms with E-state index in [-0.39, 0.29) is 16.6 Å². The van der Waals surface area contributed by atoms with Crippen molar-refractivity contribution in [2.45, 2.75) is 6.10 Å². The largest absolute Gasteiger partial charge is 0.488 e. The number of benzene rings is 2. The molecular formula is C15H12BNO8. The number of carbonyl (C=O) groups is 2. The van der Waals surface area contributed by atoms with Crippen LogP contribution in [0.1, 0.15) is 22.0 Å². The molecule has 0 aliphatic carbocycles. The van der Waals surface area contributed by atoms with Crippen LogP contribution < -0.4 is 5.46 Å². The molecule has 2 aromatic rings. The van der Waals surface area contributed by atoms with E-state index >= 15 is 0 Å². The van der Waals surface area contributed by atoms with Crippen LogP contribution in [0.3, 0.4) is 0 Å². The fraction of sp³-hybridized carbons (Fsp3) is 0.0667. The second kappa shape index (κ2) is 7.56. The number of carbonyl (C=O) groups excluding carboxylic acids is 1. The summed E-state index contributed by atoms with van der Waals surface area (Å²) in [5.74, 6) is -2.57. The average Bonchev–Trinajstić information content (AvgIpc) is 2.59. The molecule has 0 aliphatic heterocycles. The minimum Gasteiger partial charge on any atom is -0.478 e. The lowest BCUT2D eigenvalue weighted by atomic mass is 9.79. The maximum Gasteiger partial charge on any atom is 0.488 e. The predicted octanol–water partition coefficient (Wildman–Crippen LogP) is 0.257. The lowest BCUT2D eigenvalue weighted by Gasteiger charge is -2.14. The lowest BCUT2D eigenvalue weighted by molar-refractivity contribution is -0.384. The molecule has 0 heterocycles. The van der Waals surface area contributed by atoms with E-state index in [9.17, 15) is 34.9 Å². The average molecular weight is 345 g/mol. The van der Waals surface area contributed by atoms with E-state index in [1.54, 1.807) is 18.2 Å². The van der Waals surface area contributed by atoms with Crippen LogP contribution >= 0.6 is 0 Å². The van der Waals surface area contributed by atoms with E-state index in [2.05, 4.69) is 0 Å². The second-order valence-corrected chi connectivity index (χ2v) is 4.98. The molecule has 0 fully saturated rings. The number of rotatable bonds is 6. The predicted molar refractivity (Wildman–Crippen MR) is 85.2 cm³/mol. The molecule has 2 aromatic carbocycles. The molecule has 0 bridgehead atoms. The van der Waals surface area contributed by atoms with Crippen molar-refractivity contribution in [3.05, 3.63) is 69.8 Å². The van der Waals surface area contributed by atoms with Gasteiger partial charge in [-0.15, -0.1) is 0 Å². The number of hydrogen-bond acceptors (Lipinski definition) is 7. The molecule has 1 atom stereocenters. The Hall–Kier alpha value is -3.24. The normalized spacial score (nSPS) is 11.4. The third-order valence-corrected chi connectivity index (χ3v) is 3.24. The number of hydrogen-bond donors (Lipinski definition) is 3. The summed E-state index contributed by atoms with van der Waals surface area (Å²) in [4.78, 5) is 33.6. The fourth-order valence-electron chi connectivity index (χ4n) is 2.07. The highest BCUT2D eigenvalue weighted by atomic mass is 16.6. The molecule has 0 unspecified atom stereocenters. The van der Waals surface area contributed by atoms with Crippen LogP contribution in [-0.4, -0.2) is 39.1 Å². The summed E-state index contributed by atoms with van der Waals surface area (Å²) in [6, 6.07) is 10.4. The zero-order valence-corrected chi connectivity index (χ0v) is 12.6. The first kappa shape index (κ1) is 18.1. The number of carboxylic acids is 1. The highest BCUT2D eigenvalue weighted by Gasteiger charge is 2.27. The molecule has 2 rings (SSSR count). The van der Waals surface area contributed by atoms with Crippen molar-refractivity contribution in [1.29, 1.82) is 0 Å². The van der Waals surface area contributed by atoms with Gasteiger partial charge in [-0.05, 0) is 11.5 Å². The molecular weight excluding hydrogens is 333 g/mol. The van der Waals surface area contributed by atoms with Gasteiger partial charge in [-0.1, -0.05) is 30.3 Å². The van der Waals surface area contributed by atoms with Crippen LogP contribution in [0.15, 0.2) is 48.5 Å². The Kier molecular flexibility index (Phi) is 5.47. The van der Waals surface area contributed by atoms with Crippen LogP contribution in [0.5, 0.6) is 0 Å². The monoisotopic (exact) mass is 345 g/mol. The van der Waals surface area contributed by atoms with E-state index in [1.165, 1.54) is 12.1 Å². The van der Waals surface area contributed by atoms with Gasteiger partial charge in [-0.25, -0.2) is 9.59 Å². The van der Waals surface area contributed by atoms with E-state index in [0.717, 1.165) is 18.2 Å². The van der Waals surface area contributed by atoms with Crippen molar-refractivity contribution in [3.63, 3.8) is 0 Å². The first-order valence-electron chi connectivity index (χ1n) is 6.94. The molecule has 128 valence electrons. The fourth-order valence-corrected chi connectivity index (χ4v) is 2.07. The molecule has 3 N–H and O–H groups in total. The zero-order chi connectivity index (χ0) is 18.6. The minimum atomic E-state index is -2.05. The number of nitro benzene ring substituents is 1. The maximum absolute atomic E-state index is 12.2. The van der Waals surface area contributed by atoms with Gasteiger partial charge in [0, 0.05) is 17.7 Å². The molecule has 0 spiro atoms. The van der Waals surface area contributed by atoms with Crippen LogP contribution in [0.25, 0.3) is 0 Å². The van der Waals surface area contributed by atoms with Gasteiger partial charge in [-0.2, -0.15) is 0 Å². The van der Waals surface area contributed by atoms with E-state index in [4.69, 9.17) is 4.74 Å². The molecule has 0 amide bonds. The van der Waals surface area contributed by atoms with Gasteiger partial charge in [0.15, 0.2) is 0 Å². The Morgan fingerprint density at radius 2 is 1.76 bits per heavy atom. The molecule has 0 saturated carbocycles. The quantitative estimate of drug-likeness (QED) is 0.292. The third kappa shape index (κ3) is 4.40. The van der Waals surface area contributed by atoms with Crippen LogP contribution in [0.4, 0.5) is 5.69 Å². The topological polar surface area (TPSA) is 147 Å². The zero-order valence-electron chi connectivity index (χ0n) is 12.6. The Morgan fingerprint density at radius 3 is 2.28 bits per heavy atom. The Bertz CT molecular complexity index is 808. The Balaban J connectivity index is 2.36. The standard InChI is InChI=1S/C15H12BNO8/c18-14(19)13(9-4-2-1-3-5-9)25-15(20)10-6-11(16(21)22)8-12(7-10)17(23)24/h1-8,13,21-22H,(H,18,19)/t13-/m0/s1. The van der Waals surface area contributed by atoms with Crippen LogP contribution in [0, 0.1) is 10.1 Å². The van der Waals surface area contributed by atoms with Crippen molar-refractivity contribution in [3.8, 4) is 0 Å². The van der Waals surface area contributed by atoms with Gasteiger partial charge in [0.1, 0.15) is 0 Å². The Morgan fingerprint density at radius 1 is 1.12 bits per heavy atom. The van der Waals surface area contributed by atoms with Crippen molar-refractivity contribution < 1.29 is 34.4 Å². The number of aliphatic carboxylic acids is 1. The highest BCUT2D eigenvalue weighted by molar-refractivity contribution is 6.58. The molecule has 10 heteroatoms. The van der Waals surface area contributed by atoms with Gasteiger partial charge >= 0.3 is 19.1 Å². The van der Waals surface area contributed by atoms with Crippen LogP contribution in [-0.2, 0) is 9.53 Å². The third-order valence-electron chi connectivity index (χ3n) is 3.24. The second-order valence-electron chi connectivity index (χ2n) is 4.98. The number of esters is 1. The van der Waals surface area contributed by atoms with E-state index in [1.807, 2.05) is 0 Å². The molecule has 9 nitrogen and oxygen atoms in total. The summed E-state index contributed by atoms with van der Waals surface area (Å²) < 4.78 is 4.93. The summed E-state index contributed by atoms with van der Waals surface area (Å²) in [5, 5.41) is 38.5. The summed E-state index contributed by atoms with van der Waals surface area (Å²) in [6.07, 6.45) is -1.62. The smallest absolute Gasteiger partial charge is 0.478 e. The van der Waals surface area contributed by atoms with Gasteiger partial charge in [0.2, 0.25) is 6.10 Å². The summed E-state index contributed by atoms with van der Waals surface area (Å²) in [5.41, 5.74) is -1.03. The van der Waals surface area contributed by atoms with E-state index < -0.39 is 35.8 Å². The molecule has 0 aliphatic rings. The first-order chi connectivity index (χ1) is 11.8. The molecule has 0 aromatic heterocycles. The van der Waals surface area contributed by atoms with Crippen molar-refractivity contribution in [1.82, 2.24) is 0 Å². The first-order valence-corrected chi connectivity index (χ1v) is 6.94. The summed E-state index contributed by atoms with van der Waals surface area (Å²) >= 11 is 0. The summed E-state index contributed by atoms with van der Waals surface area (Å²) in [6.45, 7) is 0. The maximum atomic E-state index is 12.2. The van der Waals surface area contributed by atoms with Gasteiger partial charge in [0.25, 0.3) is 5.69 Å². The van der Waals surface area contributed by atoms with Crippen molar-refractivity contribution in [2.75, 3.05) is 0 Å². The summed E-state index contributed by atoms with van der Waals surface area (Å²) in [7, 11) is -2.05. The van der Waals surface area contributed by atoms with Crippen molar-refractivity contribution >= 4 is 30.2 Å². The number of non-ortho nitro benzene ring substituents is 1. The Labute approximate surface area is 141 Å². The van der Waals surface area contributed by atoms with Gasteiger partial charge in [-0.3, -0.25) is 10.1 Å². The molecule has 0 radical (unpaired) electrons. The molecule has 0 saturated heterocycles. The number of ether oxygens (including phenoxy) is 1. The number of nitrogens with zero attached hydrogens (tertiary/aromatic N) is 1.